The van der Waals surface area contributed by atoms with Gasteiger partial charge >= 0.3 is 0 Å². The summed E-state index contributed by atoms with van der Waals surface area (Å²) in [6, 6.07) is 23.7. The Labute approximate surface area is 243 Å². The molecule has 0 spiro atoms. The van der Waals surface area contributed by atoms with Crippen molar-refractivity contribution in [1.29, 1.82) is 0 Å². The maximum absolute atomic E-state index is 14.2. The zero-order valence-electron chi connectivity index (χ0n) is 22.6. The molecule has 8 heteroatoms. The highest BCUT2D eigenvalue weighted by molar-refractivity contribution is 7.98. The molecule has 1 amide bonds. The number of fused-ring (bicyclic) bond motifs is 8. The van der Waals surface area contributed by atoms with Crippen molar-refractivity contribution in [2.45, 2.75) is 41.9 Å². The van der Waals surface area contributed by atoms with Crippen LogP contribution in [-0.2, 0) is 26.7 Å². The lowest BCUT2D eigenvalue weighted by Crippen LogP contribution is -2.69. The number of amides is 1. The standard InChI is InChI=1S/C33H31N3O4S/c37-26-13-14-35-31(32(26)40-17-21-7-2-1-3-8-21)33(38)34-16-23-15-24(23)18-39-27-11-6-9-22-19-41-28-12-5-4-10-25(28)30(29(22)27)36(35)20-34/h1-14,23-24,30-32H,15-20H2/t23-,24-,30-,31?,32?/m1/s1. The molecule has 2 fully saturated rings. The van der Waals surface area contributed by atoms with Crippen molar-refractivity contribution in [3.63, 3.8) is 0 Å². The van der Waals surface area contributed by atoms with Crippen molar-refractivity contribution in [3.05, 3.63) is 107 Å². The summed E-state index contributed by atoms with van der Waals surface area (Å²) in [5, 5.41) is 4.25. The second kappa shape index (κ2) is 10.0. The van der Waals surface area contributed by atoms with Crippen LogP contribution in [0.4, 0.5) is 0 Å². The first-order chi connectivity index (χ1) is 20.2. The highest BCUT2D eigenvalue weighted by Crippen LogP contribution is 2.49. The van der Waals surface area contributed by atoms with E-state index in [0.29, 0.717) is 31.7 Å². The number of ketones is 1. The van der Waals surface area contributed by atoms with Crippen LogP contribution >= 0.6 is 11.8 Å². The van der Waals surface area contributed by atoms with Gasteiger partial charge in [-0.15, -0.1) is 11.8 Å². The maximum Gasteiger partial charge on any atom is 0.251 e. The van der Waals surface area contributed by atoms with E-state index in [4.69, 9.17) is 9.47 Å². The first kappa shape index (κ1) is 25.1. The Balaban J connectivity index is 1.27. The molecule has 4 heterocycles. The molecular formula is C33H31N3O4S. The number of carbonyl (C=O) groups excluding carboxylic acids is 2. The molecule has 1 aliphatic carbocycles. The fraction of sp³-hybridized carbons (Fsp3) is 0.333. The van der Waals surface area contributed by atoms with E-state index in [1.54, 1.807) is 12.3 Å². The summed E-state index contributed by atoms with van der Waals surface area (Å²) in [6.45, 7) is 2.00. The summed E-state index contributed by atoms with van der Waals surface area (Å²) in [7, 11) is 0. The van der Waals surface area contributed by atoms with Crippen LogP contribution in [-0.4, -0.2) is 58.6 Å². The van der Waals surface area contributed by atoms with Crippen LogP contribution in [0, 0.1) is 11.8 Å². The van der Waals surface area contributed by atoms with E-state index in [9.17, 15) is 9.59 Å². The minimum Gasteiger partial charge on any atom is -0.493 e. The average Bonchev–Trinajstić information content (AvgIpc) is 3.77. The van der Waals surface area contributed by atoms with Crippen molar-refractivity contribution < 1.29 is 19.1 Å². The van der Waals surface area contributed by atoms with Gasteiger partial charge in [-0.25, -0.2) is 0 Å². The van der Waals surface area contributed by atoms with Crippen LogP contribution < -0.4 is 4.74 Å². The van der Waals surface area contributed by atoms with Crippen LogP contribution in [0.15, 0.2) is 90.0 Å². The summed E-state index contributed by atoms with van der Waals surface area (Å²) in [5.41, 5.74) is 4.52. The Morgan fingerprint density at radius 3 is 2.71 bits per heavy atom. The van der Waals surface area contributed by atoms with Crippen molar-refractivity contribution in [3.8, 4) is 5.75 Å². The second-order valence-electron chi connectivity index (χ2n) is 11.5. The van der Waals surface area contributed by atoms with Crippen molar-refractivity contribution in [2.24, 2.45) is 11.8 Å². The van der Waals surface area contributed by atoms with Crippen LogP contribution in [0.2, 0.25) is 0 Å². The summed E-state index contributed by atoms with van der Waals surface area (Å²) in [5.74, 6) is 2.34. The van der Waals surface area contributed by atoms with Crippen molar-refractivity contribution >= 4 is 23.5 Å². The van der Waals surface area contributed by atoms with E-state index in [1.807, 2.05) is 52.0 Å². The molecule has 0 aromatic heterocycles. The monoisotopic (exact) mass is 565 g/mol. The van der Waals surface area contributed by atoms with Crippen LogP contribution in [0.25, 0.3) is 0 Å². The lowest BCUT2D eigenvalue weighted by molar-refractivity contribution is -0.190. The molecule has 8 rings (SSSR count). The normalized spacial score (nSPS) is 29.7. The van der Waals surface area contributed by atoms with Crippen molar-refractivity contribution in [2.75, 3.05) is 19.8 Å². The minimum absolute atomic E-state index is 0.0485. The SMILES string of the molecule is O=C1C=CN2C(C(=O)N3C[C@H]4C[C@@H]4COc4cccc5c4[C@@H](c4ccccc4SC5)N2C3)C1OCc1ccccc1. The molecule has 208 valence electrons. The lowest BCUT2D eigenvalue weighted by Gasteiger charge is -2.53. The summed E-state index contributed by atoms with van der Waals surface area (Å²) in [4.78, 5) is 30.8. The third kappa shape index (κ3) is 4.36. The molecule has 1 saturated carbocycles. The topological polar surface area (TPSA) is 62.3 Å². The molecule has 2 bridgehead atoms. The molecule has 3 unspecified atom stereocenters. The van der Waals surface area contributed by atoms with Gasteiger partial charge in [0.2, 0.25) is 0 Å². The number of benzene rings is 3. The number of rotatable bonds is 3. The molecule has 0 N–H and O–H groups in total. The lowest BCUT2D eigenvalue weighted by atomic mass is 9.92. The Bertz CT molecular complexity index is 1540. The Kier molecular flexibility index (Phi) is 6.16. The average molecular weight is 566 g/mol. The van der Waals surface area contributed by atoms with E-state index in [2.05, 4.69) is 47.5 Å². The molecular weight excluding hydrogens is 534 g/mol. The number of hydrazine groups is 1. The number of hydrogen-bond acceptors (Lipinski definition) is 7. The van der Waals surface area contributed by atoms with Gasteiger partial charge in [-0.1, -0.05) is 60.7 Å². The molecule has 0 radical (unpaired) electrons. The number of carbonyl (C=O) groups is 2. The zero-order valence-corrected chi connectivity index (χ0v) is 23.4. The first-order valence-electron chi connectivity index (χ1n) is 14.3. The molecule has 1 saturated heterocycles. The zero-order chi connectivity index (χ0) is 27.5. The van der Waals surface area contributed by atoms with Gasteiger partial charge < -0.3 is 14.4 Å². The number of thioether (sulfide) groups is 1. The maximum atomic E-state index is 14.2. The third-order valence-corrected chi connectivity index (χ3v) is 10.1. The molecule has 3 aromatic carbocycles. The highest BCUT2D eigenvalue weighted by atomic mass is 32.2. The van der Waals surface area contributed by atoms with E-state index in [-0.39, 0.29) is 24.3 Å². The van der Waals surface area contributed by atoms with Gasteiger partial charge in [0.1, 0.15) is 5.75 Å². The van der Waals surface area contributed by atoms with Gasteiger partial charge in [-0.3, -0.25) is 14.6 Å². The van der Waals surface area contributed by atoms with Gasteiger partial charge in [0.15, 0.2) is 17.9 Å². The Hall–Kier alpha value is -3.59. The van der Waals surface area contributed by atoms with E-state index >= 15 is 0 Å². The largest absolute Gasteiger partial charge is 0.493 e. The molecule has 6 atom stereocenters. The molecule has 5 aliphatic rings. The summed E-state index contributed by atoms with van der Waals surface area (Å²) < 4.78 is 12.9. The van der Waals surface area contributed by atoms with Crippen LogP contribution in [0.1, 0.15) is 34.7 Å². The van der Waals surface area contributed by atoms with E-state index in [0.717, 1.165) is 29.1 Å². The second-order valence-corrected chi connectivity index (χ2v) is 12.5. The van der Waals surface area contributed by atoms with E-state index in [1.165, 1.54) is 16.0 Å². The molecule has 4 aliphatic heterocycles. The van der Waals surface area contributed by atoms with Gasteiger partial charge in [0.05, 0.1) is 25.9 Å². The Morgan fingerprint density at radius 1 is 0.951 bits per heavy atom. The predicted octanol–water partition coefficient (Wildman–Crippen LogP) is 4.78. The van der Waals surface area contributed by atoms with E-state index < -0.39 is 12.1 Å². The fourth-order valence-corrected chi connectivity index (χ4v) is 7.83. The van der Waals surface area contributed by atoms with Gasteiger partial charge in [0, 0.05) is 35.0 Å². The van der Waals surface area contributed by atoms with Crippen molar-refractivity contribution in [1.82, 2.24) is 14.9 Å². The van der Waals surface area contributed by atoms with Gasteiger partial charge in [0.25, 0.3) is 5.91 Å². The van der Waals surface area contributed by atoms with Crippen LogP contribution in [0.5, 0.6) is 5.75 Å². The number of nitrogens with zero attached hydrogens (tertiary/aromatic N) is 3. The Morgan fingerprint density at radius 2 is 1.80 bits per heavy atom. The quantitative estimate of drug-likeness (QED) is 0.453. The number of hydrogen-bond donors (Lipinski definition) is 0. The third-order valence-electron chi connectivity index (χ3n) is 8.99. The molecule has 41 heavy (non-hydrogen) atoms. The van der Waals surface area contributed by atoms with Gasteiger partial charge in [-0.2, -0.15) is 5.01 Å². The molecule has 7 nitrogen and oxygen atoms in total. The smallest absolute Gasteiger partial charge is 0.251 e. The predicted molar refractivity (Wildman–Crippen MR) is 155 cm³/mol. The molecule has 3 aromatic rings. The van der Waals surface area contributed by atoms with Gasteiger partial charge in [-0.05, 0) is 47.1 Å². The minimum atomic E-state index is -0.903. The summed E-state index contributed by atoms with van der Waals surface area (Å²) in [6.07, 6.45) is 3.49. The first-order valence-corrected chi connectivity index (χ1v) is 15.3. The fourth-order valence-electron chi connectivity index (χ4n) is 6.75. The number of ether oxygens (including phenoxy) is 2. The highest BCUT2D eigenvalue weighted by Gasteiger charge is 2.52. The van der Waals surface area contributed by atoms with Crippen LogP contribution in [0.3, 0.4) is 0 Å². The summed E-state index contributed by atoms with van der Waals surface area (Å²) >= 11 is 1.83.